The number of piperidine rings is 1. The van der Waals surface area contributed by atoms with E-state index in [4.69, 9.17) is 16.3 Å². The number of ether oxygens (including phenoxy) is 1. The van der Waals surface area contributed by atoms with Crippen LogP contribution in [0.4, 0.5) is 20.6 Å². The highest BCUT2D eigenvalue weighted by Crippen LogP contribution is 2.32. The summed E-state index contributed by atoms with van der Waals surface area (Å²) in [7, 11) is 1.62. The molecule has 0 bridgehead atoms. The van der Waals surface area contributed by atoms with Gasteiger partial charge in [0.15, 0.2) is 5.82 Å². The van der Waals surface area contributed by atoms with Gasteiger partial charge in [0.2, 0.25) is 0 Å². The molecule has 1 aromatic heterocycles. The molecule has 2 amide bonds. The highest BCUT2D eigenvalue weighted by Gasteiger charge is 2.32. The Kier molecular flexibility index (Phi) is 6.75. The fraction of sp³-hybridized carbons (Fsp3) is 0.250. The summed E-state index contributed by atoms with van der Waals surface area (Å²) in [4.78, 5) is 18.5. The summed E-state index contributed by atoms with van der Waals surface area (Å²) >= 11 is 5.92. The van der Waals surface area contributed by atoms with Crippen molar-refractivity contribution in [2.45, 2.75) is 18.4 Å². The Morgan fingerprint density at radius 2 is 1.91 bits per heavy atom. The van der Waals surface area contributed by atoms with Crippen LogP contribution in [0.5, 0.6) is 5.75 Å². The van der Waals surface area contributed by atoms with Crippen molar-refractivity contribution in [2.24, 2.45) is 0 Å². The van der Waals surface area contributed by atoms with Gasteiger partial charge in [0.25, 0.3) is 0 Å². The van der Waals surface area contributed by atoms with Crippen molar-refractivity contribution in [1.29, 1.82) is 0 Å². The Morgan fingerprint density at radius 1 is 1.16 bits per heavy atom. The minimum Gasteiger partial charge on any atom is -0.497 e. The minimum atomic E-state index is -0.354. The van der Waals surface area contributed by atoms with Crippen LogP contribution in [0.3, 0.4) is 0 Å². The molecule has 6 nitrogen and oxygen atoms in total. The molecule has 4 rings (SSSR count). The maximum atomic E-state index is 14.4. The first-order valence-electron chi connectivity index (χ1n) is 10.3. The summed E-state index contributed by atoms with van der Waals surface area (Å²) in [6.07, 6.45) is 3.47. The Hall–Kier alpha value is -3.32. The lowest BCUT2D eigenvalue weighted by Crippen LogP contribution is -2.51. The molecule has 0 aliphatic carbocycles. The van der Waals surface area contributed by atoms with Gasteiger partial charge in [0.05, 0.1) is 19.0 Å². The topological polar surface area (TPSA) is 66.5 Å². The second kappa shape index (κ2) is 9.87. The number of carbonyl (C=O) groups excluding carboxylic acids is 1. The zero-order valence-electron chi connectivity index (χ0n) is 17.6. The molecule has 166 valence electrons. The zero-order valence-corrected chi connectivity index (χ0v) is 18.3. The van der Waals surface area contributed by atoms with Crippen LogP contribution in [0.1, 0.15) is 17.9 Å². The van der Waals surface area contributed by atoms with E-state index in [1.165, 1.54) is 6.20 Å². The Labute approximate surface area is 191 Å². The number of aromatic nitrogens is 1. The van der Waals surface area contributed by atoms with Crippen molar-refractivity contribution >= 4 is 29.0 Å². The van der Waals surface area contributed by atoms with Crippen LogP contribution in [0.15, 0.2) is 67.0 Å². The van der Waals surface area contributed by atoms with Crippen LogP contribution in [0.2, 0.25) is 5.02 Å². The quantitative estimate of drug-likeness (QED) is 0.565. The number of pyridine rings is 1. The van der Waals surface area contributed by atoms with Crippen molar-refractivity contribution in [3.63, 3.8) is 0 Å². The molecule has 1 unspecified atom stereocenters. The van der Waals surface area contributed by atoms with Gasteiger partial charge in [-0.25, -0.2) is 9.18 Å². The van der Waals surface area contributed by atoms with Crippen LogP contribution in [-0.4, -0.2) is 37.3 Å². The third-order valence-corrected chi connectivity index (χ3v) is 5.92. The first-order chi connectivity index (χ1) is 15.5. The van der Waals surface area contributed by atoms with E-state index in [0.29, 0.717) is 35.9 Å². The SMILES string of the molecule is COc1ccc(C2CN(c3ccncc3F)CC[C@H]2NC(=O)Nc2ccc(Cl)cc2)cc1. The van der Waals surface area contributed by atoms with Gasteiger partial charge in [-0.05, 0) is 54.4 Å². The summed E-state index contributed by atoms with van der Waals surface area (Å²) in [5.74, 6) is 0.359. The van der Waals surface area contributed by atoms with Gasteiger partial charge >= 0.3 is 6.03 Å². The monoisotopic (exact) mass is 454 g/mol. The zero-order chi connectivity index (χ0) is 22.5. The first-order valence-corrected chi connectivity index (χ1v) is 10.7. The fourth-order valence-electron chi connectivity index (χ4n) is 4.03. The number of benzene rings is 2. The lowest BCUT2D eigenvalue weighted by atomic mass is 9.85. The number of nitrogens with one attached hydrogen (secondary N) is 2. The van der Waals surface area contributed by atoms with E-state index >= 15 is 0 Å². The Bertz CT molecular complexity index is 1060. The maximum absolute atomic E-state index is 14.4. The molecule has 0 spiro atoms. The predicted molar refractivity (Wildman–Crippen MR) is 124 cm³/mol. The molecule has 2 aromatic carbocycles. The summed E-state index contributed by atoms with van der Waals surface area (Å²) < 4.78 is 19.6. The molecule has 8 heteroatoms. The summed E-state index contributed by atoms with van der Waals surface area (Å²) in [5, 5.41) is 6.55. The lowest BCUT2D eigenvalue weighted by molar-refractivity contribution is 0.243. The number of nitrogens with zero attached hydrogens (tertiary/aromatic N) is 2. The number of methoxy groups -OCH3 is 1. The second-order valence-corrected chi connectivity index (χ2v) is 8.09. The van der Waals surface area contributed by atoms with Gasteiger partial charge in [-0.3, -0.25) is 4.98 Å². The first kappa shape index (κ1) is 21.9. The molecule has 2 N–H and O–H groups in total. The number of anilines is 2. The minimum absolute atomic E-state index is 0.0433. The Balaban J connectivity index is 1.53. The van der Waals surface area contributed by atoms with Crippen LogP contribution in [-0.2, 0) is 0 Å². The van der Waals surface area contributed by atoms with E-state index in [1.54, 1.807) is 43.6 Å². The van der Waals surface area contributed by atoms with E-state index in [-0.39, 0.29) is 23.8 Å². The molecule has 1 saturated heterocycles. The molecular formula is C24H24ClFN4O2. The molecule has 32 heavy (non-hydrogen) atoms. The van der Waals surface area contributed by atoms with Crippen molar-refractivity contribution in [3.05, 3.63) is 83.4 Å². The van der Waals surface area contributed by atoms with E-state index in [2.05, 4.69) is 15.6 Å². The summed E-state index contributed by atoms with van der Waals surface area (Å²) in [6.45, 7) is 1.17. The van der Waals surface area contributed by atoms with E-state index in [9.17, 15) is 9.18 Å². The van der Waals surface area contributed by atoms with Crippen LogP contribution in [0, 0.1) is 5.82 Å². The van der Waals surface area contributed by atoms with E-state index in [1.807, 2.05) is 29.2 Å². The van der Waals surface area contributed by atoms with Gasteiger partial charge in [-0.2, -0.15) is 0 Å². The molecule has 0 radical (unpaired) electrons. The maximum Gasteiger partial charge on any atom is 0.319 e. The molecule has 0 saturated carbocycles. The average Bonchev–Trinajstić information content (AvgIpc) is 2.81. The fourth-order valence-corrected chi connectivity index (χ4v) is 4.15. The summed E-state index contributed by atoms with van der Waals surface area (Å²) in [5.41, 5.74) is 2.22. The van der Waals surface area contributed by atoms with Gasteiger partial charge in [0, 0.05) is 42.0 Å². The van der Waals surface area contributed by atoms with Gasteiger partial charge in [-0.1, -0.05) is 23.7 Å². The van der Waals surface area contributed by atoms with Crippen molar-refractivity contribution in [2.75, 3.05) is 30.4 Å². The van der Waals surface area contributed by atoms with Crippen LogP contribution < -0.4 is 20.3 Å². The van der Waals surface area contributed by atoms with Crippen molar-refractivity contribution in [3.8, 4) is 5.75 Å². The normalized spacial score (nSPS) is 18.2. The highest BCUT2D eigenvalue weighted by atomic mass is 35.5. The number of amides is 2. The van der Waals surface area contributed by atoms with Crippen LogP contribution in [0.25, 0.3) is 0 Å². The molecule has 1 fully saturated rings. The third kappa shape index (κ3) is 5.11. The van der Waals surface area contributed by atoms with Crippen LogP contribution >= 0.6 is 11.6 Å². The molecule has 3 aromatic rings. The molecule has 1 aliphatic rings. The molecule has 2 atom stereocenters. The largest absolute Gasteiger partial charge is 0.497 e. The van der Waals surface area contributed by atoms with E-state index in [0.717, 1.165) is 11.3 Å². The number of hydrogen-bond acceptors (Lipinski definition) is 4. The number of urea groups is 1. The smallest absolute Gasteiger partial charge is 0.319 e. The average molecular weight is 455 g/mol. The van der Waals surface area contributed by atoms with Gasteiger partial charge in [-0.15, -0.1) is 0 Å². The third-order valence-electron chi connectivity index (χ3n) is 5.67. The number of carbonyl (C=O) groups is 1. The Morgan fingerprint density at radius 3 is 2.59 bits per heavy atom. The number of rotatable bonds is 5. The standard InChI is InChI=1S/C24H24ClFN4O2/c1-32-19-8-2-16(3-9-19)20-15-30(23-10-12-27-14-21(23)26)13-11-22(20)29-24(31)28-18-6-4-17(25)5-7-18/h2-10,12,14,20,22H,11,13,15H2,1H3,(H2,28,29,31)/t20?,22-/m1/s1. The summed E-state index contributed by atoms with van der Waals surface area (Å²) in [6, 6.07) is 16.0. The molecular weight excluding hydrogens is 431 g/mol. The van der Waals surface area contributed by atoms with E-state index < -0.39 is 0 Å². The molecule has 1 aliphatic heterocycles. The van der Waals surface area contributed by atoms with Crippen molar-refractivity contribution in [1.82, 2.24) is 10.3 Å². The van der Waals surface area contributed by atoms with Crippen molar-refractivity contribution < 1.29 is 13.9 Å². The lowest BCUT2D eigenvalue weighted by Gasteiger charge is -2.40. The number of halogens is 2. The second-order valence-electron chi connectivity index (χ2n) is 7.65. The highest BCUT2D eigenvalue weighted by molar-refractivity contribution is 6.30. The number of hydrogen-bond donors (Lipinski definition) is 2. The predicted octanol–water partition coefficient (Wildman–Crippen LogP) is 5.07. The van der Waals surface area contributed by atoms with Gasteiger partial charge < -0.3 is 20.3 Å². The molecule has 2 heterocycles. The van der Waals surface area contributed by atoms with Gasteiger partial charge in [0.1, 0.15) is 5.75 Å².